The maximum absolute atomic E-state index is 12.1. The lowest BCUT2D eigenvalue weighted by atomic mass is 10.2. The Morgan fingerprint density at radius 3 is 2.62 bits per heavy atom. The van der Waals surface area contributed by atoms with Gasteiger partial charge in [0.1, 0.15) is 19.3 Å². The Morgan fingerprint density at radius 1 is 1.08 bits per heavy atom. The fraction of sp³-hybridized carbons (Fsp3) is 0.316. The molecular formula is C19H21NO4. The van der Waals surface area contributed by atoms with Crippen molar-refractivity contribution >= 4 is 5.91 Å². The summed E-state index contributed by atoms with van der Waals surface area (Å²) in [4.78, 5) is 12.1. The molecule has 1 aliphatic heterocycles. The van der Waals surface area contributed by atoms with Crippen LogP contribution in [0.4, 0.5) is 0 Å². The maximum atomic E-state index is 12.1. The number of hydrogen-bond acceptors (Lipinski definition) is 4. The average Bonchev–Trinajstić information content (AvgIpc) is 2.64. The Hall–Kier alpha value is -2.53. The molecule has 0 aromatic heterocycles. The number of nitrogens with one attached hydrogen (secondary N) is 1. The predicted molar refractivity (Wildman–Crippen MR) is 90.0 cm³/mol. The average molecular weight is 327 g/mol. The minimum Gasteiger partial charge on any atom is -0.486 e. The van der Waals surface area contributed by atoms with E-state index in [9.17, 15) is 4.79 Å². The van der Waals surface area contributed by atoms with E-state index in [1.807, 2.05) is 48.5 Å². The van der Waals surface area contributed by atoms with Crippen molar-refractivity contribution in [3.05, 3.63) is 59.7 Å². The van der Waals surface area contributed by atoms with Gasteiger partial charge in [0, 0.05) is 6.54 Å². The summed E-state index contributed by atoms with van der Waals surface area (Å²) in [6.45, 7) is 3.71. The van der Waals surface area contributed by atoms with E-state index in [-0.39, 0.29) is 5.91 Å². The first-order valence-electron chi connectivity index (χ1n) is 8.04. The molecular weight excluding hydrogens is 306 g/mol. The van der Waals surface area contributed by atoms with Gasteiger partial charge in [-0.05, 0) is 30.2 Å². The highest BCUT2D eigenvalue weighted by molar-refractivity contribution is 5.80. The molecule has 5 nitrogen and oxygen atoms in total. The number of hydrogen-bond donors (Lipinski definition) is 1. The lowest BCUT2D eigenvalue weighted by Crippen LogP contribution is -2.34. The zero-order valence-corrected chi connectivity index (χ0v) is 13.7. The van der Waals surface area contributed by atoms with Crippen LogP contribution >= 0.6 is 0 Å². The second-order valence-corrected chi connectivity index (χ2v) is 5.63. The van der Waals surface area contributed by atoms with E-state index in [0.29, 0.717) is 26.4 Å². The van der Waals surface area contributed by atoms with Gasteiger partial charge in [0.05, 0.1) is 6.61 Å². The molecule has 1 aliphatic rings. The molecule has 0 aliphatic carbocycles. The van der Waals surface area contributed by atoms with Crippen LogP contribution in [0.15, 0.2) is 48.5 Å². The van der Waals surface area contributed by atoms with Crippen LogP contribution in [0.25, 0.3) is 0 Å². The Bertz CT molecular complexity index is 687. The molecule has 1 unspecified atom stereocenters. The third kappa shape index (κ3) is 4.26. The van der Waals surface area contributed by atoms with Gasteiger partial charge >= 0.3 is 0 Å². The molecule has 5 heteroatoms. The Labute approximate surface area is 141 Å². The van der Waals surface area contributed by atoms with E-state index < -0.39 is 6.10 Å². The van der Waals surface area contributed by atoms with Crippen LogP contribution < -0.4 is 14.8 Å². The van der Waals surface area contributed by atoms with Crippen LogP contribution in [0.2, 0.25) is 0 Å². The van der Waals surface area contributed by atoms with E-state index in [2.05, 4.69) is 5.32 Å². The van der Waals surface area contributed by atoms with Crippen molar-refractivity contribution in [2.24, 2.45) is 0 Å². The smallest absolute Gasteiger partial charge is 0.249 e. The van der Waals surface area contributed by atoms with Crippen LogP contribution in [0.1, 0.15) is 18.1 Å². The van der Waals surface area contributed by atoms with Crippen LogP contribution in [-0.2, 0) is 22.7 Å². The molecule has 1 heterocycles. The molecule has 126 valence electrons. The molecule has 1 amide bonds. The Balaban J connectivity index is 1.48. The SMILES string of the molecule is CC(OCc1ccccc1)C(=O)NCc1ccc2c(c1)OCCO2. The third-order valence-electron chi connectivity index (χ3n) is 3.79. The Morgan fingerprint density at radius 2 is 1.83 bits per heavy atom. The summed E-state index contributed by atoms with van der Waals surface area (Å²) < 4.78 is 16.6. The first kappa shape index (κ1) is 16.3. The number of fused-ring (bicyclic) bond motifs is 1. The fourth-order valence-corrected chi connectivity index (χ4v) is 2.40. The first-order chi connectivity index (χ1) is 11.7. The first-order valence-corrected chi connectivity index (χ1v) is 8.04. The molecule has 1 N–H and O–H groups in total. The summed E-state index contributed by atoms with van der Waals surface area (Å²) in [6, 6.07) is 15.5. The van der Waals surface area contributed by atoms with Crippen molar-refractivity contribution in [2.75, 3.05) is 13.2 Å². The van der Waals surface area contributed by atoms with Crippen LogP contribution in [0.5, 0.6) is 11.5 Å². The summed E-state index contributed by atoms with van der Waals surface area (Å²) in [5, 5.41) is 2.88. The number of benzene rings is 2. The molecule has 0 saturated heterocycles. The summed E-state index contributed by atoms with van der Waals surface area (Å²) in [5.74, 6) is 1.33. The standard InChI is InChI=1S/C19H21NO4/c1-14(24-13-15-5-3-2-4-6-15)19(21)20-12-16-7-8-17-18(11-16)23-10-9-22-17/h2-8,11,14H,9-10,12-13H2,1H3,(H,20,21). The number of carbonyl (C=O) groups excluding carboxylic acids is 1. The topological polar surface area (TPSA) is 56.8 Å². The van der Waals surface area contributed by atoms with Gasteiger partial charge in [-0.2, -0.15) is 0 Å². The van der Waals surface area contributed by atoms with Crippen LogP contribution in [-0.4, -0.2) is 25.2 Å². The molecule has 0 bridgehead atoms. The number of ether oxygens (including phenoxy) is 3. The van der Waals surface area contributed by atoms with Crippen molar-refractivity contribution in [3.8, 4) is 11.5 Å². The van der Waals surface area contributed by atoms with Crippen molar-refractivity contribution in [2.45, 2.75) is 26.2 Å². The van der Waals surface area contributed by atoms with Crippen molar-refractivity contribution in [1.29, 1.82) is 0 Å². The second-order valence-electron chi connectivity index (χ2n) is 5.63. The lowest BCUT2D eigenvalue weighted by molar-refractivity contribution is -0.132. The molecule has 3 rings (SSSR count). The van der Waals surface area contributed by atoms with Gasteiger partial charge in [0.15, 0.2) is 11.5 Å². The Kier molecular flexibility index (Phi) is 5.33. The monoisotopic (exact) mass is 327 g/mol. The van der Waals surface area contributed by atoms with Gasteiger partial charge in [0.2, 0.25) is 5.91 Å². The largest absolute Gasteiger partial charge is 0.486 e. The highest BCUT2D eigenvalue weighted by Crippen LogP contribution is 2.30. The third-order valence-corrected chi connectivity index (χ3v) is 3.79. The predicted octanol–water partition coefficient (Wildman–Crippen LogP) is 2.68. The van der Waals surface area contributed by atoms with Gasteiger partial charge in [-0.25, -0.2) is 0 Å². The zero-order valence-electron chi connectivity index (χ0n) is 13.7. The van der Waals surface area contributed by atoms with Crippen LogP contribution in [0, 0.1) is 0 Å². The minimum atomic E-state index is -0.512. The molecule has 2 aromatic carbocycles. The highest BCUT2D eigenvalue weighted by Gasteiger charge is 2.15. The normalized spacial score (nSPS) is 14.0. The number of amides is 1. The minimum absolute atomic E-state index is 0.138. The second kappa shape index (κ2) is 7.84. The number of rotatable bonds is 6. The quantitative estimate of drug-likeness (QED) is 0.886. The van der Waals surface area contributed by atoms with Gasteiger partial charge in [-0.3, -0.25) is 4.79 Å². The highest BCUT2D eigenvalue weighted by atomic mass is 16.6. The molecule has 0 fully saturated rings. The number of carbonyl (C=O) groups is 1. The molecule has 2 aromatic rings. The van der Waals surface area contributed by atoms with E-state index in [1.165, 1.54) is 0 Å². The fourth-order valence-electron chi connectivity index (χ4n) is 2.40. The lowest BCUT2D eigenvalue weighted by Gasteiger charge is -2.19. The van der Waals surface area contributed by atoms with E-state index in [1.54, 1.807) is 6.92 Å². The molecule has 0 radical (unpaired) electrons. The maximum Gasteiger partial charge on any atom is 0.249 e. The summed E-state index contributed by atoms with van der Waals surface area (Å²) in [7, 11) is 0. The molecule has 0 saturated carbocycles. The molecule has 24 heavy (non-hydrogen) atoms. The molecule has 1 atom stereocenters. The van der Waals surface area contributed by atoms with Crippen molar-refractivity contribution in [3.63, 3.8) is 0 Å². The summed E-state index contributed by atoms with van der Waals surface area (Å²) in [6.07, 6.45) is -0.512. The van der Waals surface area contributed by atoms with Crippen molar-refractivity contribution in [1.82, 2.24) is 5.32 Å². The van der Waals surface area contributed by atoms with Crippen molar-refractivity contribution < 1.29 is 19.0 Å². The summed E-state index contributed by atoms with van der Waals surface area (Å²) in [5.41, 5.74) is 2.01. The molecule has 0 spiro atoms. The summed E-state index contributed by atoms with van der Waals surface area (Å²) >= 11 is 0. The van der Waals surface area contributed by atoms with Gasteiger partial charge in [0.25, 0.3) is 0 Å². The van der Waals surface area contributed by atoms with E-state index in [0.717, 1.165) is 22.6 Å². The van der Waals surface area contributed by atoms with Gasteiger partial charge < -0.3 is 19.5 Å². The van der Waals surface area contributed by atoms with Gasteiger partial charge in [-0.15, -0.1) is 0 Å². The van der Waals surface area contributed by atoms with E-state index >= 15 is 0 Å². The van der Waals surface area contributed by atoms with Crippen LogP contribution in [0.3, 0.4) is 0 Å². The zero-order chi connectivity index (χ0) is 16.8. The van der Waals surface area contributed by atoms with E-state index in [4.69, 9.17) is 14.2 Å². The van der Waals surface area contributed by atoms with Gasteiger partial charge in [-0.1, -0.05) is 36.4 Å².